The van der Waals surface area contributed by atoms with Gasteiger partial charge < -0.3 is 0 Å². The summed E-state index contributed by atoms with van der Waals surface area (Å²) in [6.07, 6.45) is 2.57. The summed E-state index contributed by atoms with van der Waals surface area (Å²) in [4.78, 5) is 0. The maximum absolute atomic E-state index is 2.57. The Labute approximate surface area is 183 Å². The molecule has 1 aliphatic rings. The molecule has 3 aromatic carbocycles. The van der Waals surface area contributed by atoms with Crippen molar-refractivity contribution < 1.29 is 0 Å². The molecule has 0 aromatic heterocycles. The summed E-state index contributed by atoms with van der Waals surface area (Å²) in [5.74, 6) is 0. The van der Waals surface area contributed by atoms with Gasteiger partial charge in [-0.3, -0.25) is 0 Å². The summed E-state index contributed by atoms with van der Waals surface area (Å²) in [5.41, 5.74) is 7.04. The van der Waals surface area contributed by atoms with E-state index in [1.807, 2.05) is 0 Å². The molecule has 0 aliphatic heterocycles. The maximum Gasteiger partial charge on any atom is 0.161 e. The summed E-state index contributed by atoms with van der Waals surface area (Å²) in [7, 11) is -2.46. The van der Waals surface area contributed by atoms with Crippen molar-refractivity contribution in [3.63, 3.8) is 0 Å². The molecule has 30 heavy (non-hydrogen) atoms. The Bertz CT molecular complexity index is 1100. The highest BCUT2D eigenvalue weighted by Gasteiger charge is 2.55. The molecular weight excluding hydrogens is 376 g/mol. The average molecular weight is 409 g/mol. The number of aryl methyl sites for hydroxylation is 2. The van der Waals surface area contributed by atoms with Gasteiger partial charge in [0.2, 0.25) is 0 Å². The molecule has 0 radical (unpaired) electrons. The minimum absolute atomic E-state index is 0.0376. The van der Waals surface area contributed by atoms with Crippen molar-refractivity contribution in [1.29, 1.82) is 0 Å². The van der Waals surface area contributed by atoms with Crippen LogP contribution < -0.4 is 15.6 Å². The van der Waals surface area contributed by atoms with E-state index < -0.39 is 8.07 Å². The van der Waals surface area contributed by atoms with Crippen molar-refractivity contribution in [2.24, 2.45) is 0 Å². The second-order valence-electron chi connectivity index (χ2n) is 9.13. The molecule has 0 heterocycles. The second kappa shape index (κ2) is 7.56. The monoisotopic (exact) mass is 408 g/mol. The highest BCUT2D eigenvalue weighted by molar-refractivity contribution is 7.14. The lowest BCUT2D eigenvalue weighted by atomic mass is 10.0. The Morgan fingerprint density at radius 3 is 1.53 bits per heavy atom. The third kappa shape index (κ3) is 2.95. The van der Waals surface area contributed by atoms with E-state index in [-0.39, 0.29) is 5.04 Å². The van der Waals surface area contributed by atoms with Gasteiger partial charge in [0, 0.05) is 5.04 Å². The van der Waals surface area contributed by atoms with Gasteiger partial charge in [0.05, 0.1) is 0 Å². The maximum atomic E-state index is 2.57. The fraction of sp³-hybridized carbons (Fsp3) is 0.241. The van der Waals surface area contributed by atoms with Crippen molar-refractivity contribution in [3.8, 4) is 0 Å². The quantitative estimate of drug-likeness (QED) is 0.376. The molecule has 0 spiro atoms. The van der Waals surface area contributed by atoms with Crippen LogP contribution in [-0.2, 0) is 0 Å². The minimum Gasteiger partial charge on any atom is -0.0730 e. The highest BCUT2D eigenvalue weighted by Crippen LogP contribution is 2.52. The van der Waals surface area contributed by atoms with E-state index in [0.717, 1.165) is 0 Å². The summed E-state index contributed by atoms with van der Waals surface area (Å²) >= 11 is 0. The van der Waals surface area contributed by atoms with E-state index in [1.165, 1.54) is 43.4 Å². The second-order valence-corrected chi connectivity index (χ2v) is 13.4. The fourth-order valence-corrected chi connectivity index (χ4v) is 11.8. The molecule has 0 amide bonds. The van der Waals surface area contributed by atoms with E-state index in [1.54, 1.807) is 0 Å². The first-order chi connectivity index (χ1) is 14.3. The van der Waals surface area contributed by atoms with E-state index in [0.29, 0.717) is 0 Å². The van der Waals surface area contributed by atoms with Gasteiger partial charge in [0.25, 0.3) is 0 Å². The van der Waals surface area contributed by atoms with Crippen LogP contribution in [0.15, 0.2) is 102 Å². The van der Waals surface area contributed by atoms with E-state index in [9.17, 15) is 0 Å². The van der Waals surface area contributed by atoms with Crippen molar-refractivity contribution in [2.45, 2.75) is 46.6 Å². The van der Waals surface area contributed by atoms with Crippen LogP contribution in [0.5, 0.6) is 0 Å². The predicted octanol–water partition coefficient (Wildman–Crippen LogP) is 5.83. The molecule has 3 aromatic rings. The first kappa shape index (κ1) is 20.6. The molecule has 0 N–H and O–H groups in total. The Morgan fingerprint density at radius 2 is 1.10 bits per heavy atom. The number of allylic oxidation sites excluding steroid dienone is 4. The summed E-state index contributed by atoms with van der Waals surface area (Å²) < 4.78 is 0. The van der Waals surface area contributed by atoms with E-state index in [4.69, 9.17) is 0 Å². The molecule has 1 heteroatoms. The topological polar surface area (TPSA) is 0 Å². The lowest BCUT2D eigenvalue weighted by molar-refractivity contribution is 0.870. The predicted molar refractivity (Wildman–Crippen MR) is 134 cm³/mol. The first-order valence-corrected chi connectivity index (χ1v) is 12.9. The van der Waals surface area contributed by atoms with E-state index in [2.05, 4.69) is 126 Å². The average Bonchev–Trinajstić information content (AvgIpc) is 2.93. The number of hydrogen-bond donors (Lipinski definition) is 0. The Morgan fingerprint density at radius 1 is 0.600 bits per heavy atom. The Kier molecular flexibility index (Phi) is 5.19. The molecular formula is C29H32Si. The van der Waals surface area contributed by atoms with Gasteiger partial charge in [-0.15, -0.1) is 0 Å². The molecule has 152 valence electrons. The van der Waals surface area contributed by atoms with Gasteiger partial charge in [-0.2, -0.15) is 0 Å². The molecule has 0 bridgehead atoms. The van der Waals surface area contributed by atoms with Gasteiger partial charge in [-0.1, -0.05) is 114 Å². The Balaban J connectivity index is 2.22. The zero-order valence-corrected chi connectivity index (χ0v) is 20.1. The minimum atomic E-state index is -2.46. The van der Waals surface area contributed by atoms with Gasteiger partial charge >= 0.3 is 0 Å². The van der Waals surface area contributed by atoms with Gasteiger partial charge in [0.1, 0.15) is 0 Å². The summed E-state index contributed by atoms with van der Waals surface area (Å²) in [6.45, 7) is 13.9. The summed E-state index contributed by atoms with van der Waals surface area (Å²) in [5, 5.41) is 4.41. The van der Waals surface area contributed by atoms with Crippen LogP contribution in [0, 0.1) is 13.8 Å². The lowest BCUT2D eigenvalue weighted by Crippen LogP contribution is -2.73. The zero-order chi connectivity index (χ0) is 21.5. The largest absolute Gasteiger partial charge is 0.161 e. The number of hydrogen-bond acceptors (Lipinski definition) is 0. The SMILES string of the molecule is CC1=CC(C)([Si](c2ccccc2)(c2cccc(C)c2)c2cccc(C)c2)C(C)=C1C. The van der Waals surface area contributed by atoms with Gasteiger partial charge in [-0.25, -0.2) is 0 Å². The molecule has 0 nitrogen and oxygen atoms in total. The van der Waals surface area contributed by atoms with E-state index >= 15 is 0 Å². The third-order valence-corrected chi connectivity index (χ3v) is 13.0. The Hall–Kier alpha value is -2.64. The fourth-order valence-electron chi connectivity index (χ4n) is 5.57. The standard InChI is InChI=1S/C29H32Si/c1-21-12-10-16-27(18-21)30(26-14-8-7-9-15-26,28-17-11-13-22(2)19-28)29(6)20-23(3)24(4)25(29)5/h7-20H,1-6H3. The first-order valence-electron chi connectivity index (χ1n) is 10.9. The van der Waals surface area contributed by atoms with Crippen LogP contribution in [0.25, 0.3) is 0 Å². The third-order valence-electron chi connectivity index (χ3n) is 7.33. The lowest BCUT2D eigenvalue weighted by Gasteiger charge is -2.47. The van der Waals surface area contributed by atoms with Crippen molar-refractivity contribution in [1.82, 2.24) is 0 Å². The van der Waals surface area contributed by atoms with Crippen LogP contribution in [0.4, 0.5) is 0 Å². The van der Waals surface area contributed by atoms with Crippen molar-refractivity contribution in [3.05, 3.63) is 113 Å². The van der Waals surface area contributed by atoms with Crippen LogP contribution >= 0.6 is 0 Å². The molecule has 1 atom stereocenters. The van der Waals surface area contributed by atoms with Crippen molar-refractivity contribution in [2.75, 3.05) is 0 Å². The normalized spacial score (nSPS) is 19.2. The van der Waals surface area contributed by atoms with Crippen LogP contribution in [0.2, 0.25) is 5.04 Å². The highest BCUT2D eigenvalue weighted by atomic mass is 28.3. The van der Waals surface area contributed by atoms with Crippen LogP contribution in [-0.4, -0.2) is 8.07 Å². The molecule has 1 unspecified atom stereocenters. The molecule has 0 fully saturated rings. The van der Waals surface area contributed by atoms with Gasteiger partial charge in [-0.05, 0) is 55.8 Å². The summed E-state index contributed by atoms with van der Waals surface area (Å²) in [6, 6.07) is 29.9. The zero-order valence-electron chi connectivity index (χ0n) is 19.1. The van der Waals surface area contributed by atoms with Crippen molar-refractivity contribution >= 4 is 23.6 Å². The molecule has 0 saturated heterocycles. The van der Waals surface area contributed by atoms with Crippen LogP contribution in [0.1, 0.15) is 38.8 Å². The van der Waals surface area contributed by atoms with Crippen LogP contribution in [0.3, 0.4) is 0 Å². The smallest absolute Gasteiger partial charge is 0.0730 e. The molecule has 4 rings (SSSR count). The van der Waals surface area contributed by atoms with Gasteiger partial charge in [0.15, 0.2) is 8.07 Å². The molecule has 0 saturated carbocycles. The number of rotatable bonds is 4. The number of benzene rings is 3. The molecule has 1 aliphatic carbocycles.